The van der Waals surface area contributed by atoms with Gasteiger partial charge in [-0.25, -0.2) is 4.39 Å². The quantitative estimate of drug-likeness (QED) is 0.421. The minimum atomic E-state index is -0.300. The van der Waals surface area contributed by atoms with E-state index in [-0.39, 0.29) is 23.7 Å². The number of ether oxygens (including phenoxy) is 1. The van der Waals surface area contributed by atoms with Crippen LogP contribution in [0.1, 0.15) is 42.4 Å². The van der Waals surface area contributed by atoms with Crippen LogP contribution in [-0.2, 0) is 16.2 Å². The molecule has 176 valence electrons. The number of nitrogens with zero attached hydrogens (tertiary/aromatic N) is 2. The van der Waals surface area contributed by atoms with Crippen molar-refractivity contribution in [2.45, 2.75) is 38.3 Å². The number of para-hydroxylation sites is 1. The number of halogens is 1. The third kappa shape index (κ3) is 5.45. The van der Waals surface area contributed by atoms with Crippen molar-refractivity contribution in [2.75, 3.05) is 13.7 Å². The van der Waals surface area contributed by atoms with Crippen LogP contribution >= 0.6 is 0 Å². The van der Waals surface area contributed by atoms with E-state index >= 15 is 0 Å². The number of hydrogen-bond donors (Lipinski definition) is 0. The molecule has 0 saturated heterocycles. The lowest BCUT2D eigenvalue weighted by Gasteiger charge is -2.29. The predicted molar refractivity (Wildman–Crippen MR) is 130 cm³/mol. The lowest BCUT2D eigenvalue weighted by atomic mass is 9.94. The van der Waals surface area contributed by atoms with Gasteiger partial charge in [-0.2, -0.15) is 0 Å². The van der Waals surface area contributed by atoms with Crippen LogP contribution in [0.4, 0.5) is 4.39 Å². The summed E-state index contributed by atoms with van der Waals surface area (Å²) in [6.45, 7) is 2.76. The van der Waals surface area contributed by atoms with Crippen molar-refractivity contribution in [3.63, 3.8) is 0 Å². The van der Waals surface area contributed by atoms with Gasteiger partial charge in [-0.05, 0) is 41.8 Å². The maximum atomic E-state index is 13.7. The predicted octanol–water partition coefficient (Wildman–Crippen LogP) is 5.55. The fraction of sp³-hybridized carbons (Fsp3) is 0.286. The summed E-state index contributed by atoms with van der Waals surface area (Å²) in [7, 11) is 1.63. The first-order valence-corrected chi connectivity index (χ1v) is 11.5. The Morgan fingerprint density at radius 3 is 2.50 bits per heavy atom. The molecule has 0 spiro atoms. The highest BCUT2D eigenvalue weighted by molar-refractivity contribution is 6.03. The first-order valence-electron chi connectivity index (χ1n) is 11.5. The summed E-state index contributed by atoms with van der Waals surface area (Å²) in [5, 5.41) is 4.30. The van der Waals surface area contributed by atoms with Crippen LogP contribution in [0.15, 0.2) is 84.0 Å². The second-order valence-electron chi connectivity index (χ2n) is 8.39. The highest BCUT2D eigenvalue weighted by Gasteiger charge is 2.31. The maximum absolute atomic E-state index is 13.7. The monoisotopic (exact) mass is 460 g/mol. The molecule has 2 atom stereocenters. The second kappa shape index (κ2) is 11.0. The molecule has 0 aliphatic carbocycles. The van der Waals surface area contributed by atoms with Crippen molar-refractivity contribution < 1.29 is 18.8 Å². The number of benzene rings is 3. The Morgan fingerprint density at radius 2 is 1.79 bits per heavy atom. The molecule has 1 aliphatic rings. The Balaban J connectivity index is 1.54. The Bertz CT molecular complexity index is 1130. The van der Waals surface area contributed by atoms with Crippen LogP contribution in [-0.4, -0.2) is 36.3 Å². The number of hydrogen-bond acceptors (Lipinski definition) is 4. The van der Waals surface area contributed by atoms with E-state index in [4.69, 9.17) is 9.57 Å². The summed E-state index contributed by atoms with van der Waals surface area (Å²) < 4.78 is 18.9. The summed E-state index contributed by atoms with van der Waals surface area (Å²) in [5.41, 5.74) is 3.53. The number of oxime groups is 1. The van der Waals surface area contributed by atoms with Gasteiger partial charge in [0.2, 0.25) is 5.91 Å². The molecule has 6 heteroatoms. The highest BCUT2D eigenvalue weighted by atomic mass is 19.1. The minimum absolute atomic E-state index is 0.0207. The molecule has 0 radical (unpaired) electrons. The average molecular weight is 461 g/mol. The van der Waals surface area contributed by atoms with Gasteiger partial charge in [-0.15, -0.1) is 0 Å². The van der Waals surface area contributed by atoms with Crippen LogP contribution in [0, 0.1) is 5.82 Å². The van der Waals surface area contributed by atoms with Crippen molar-refractivity contribution in [2.24, 2.45) is 5.16 Å². The average Bonchev–Trinajstić information content (AvgIpc) is 3.34. The van der Waals surface area contributed by atoms with E-state index in [0.29, 0.717) is 25.9 Å². The van der Waals surface area contributed by atoms with Crippen LogP contribution in [0.5, 0.6) is 5.75 Å². The molecule has 0 N–H and O–H groups in total. The number of methoxy groups -OCH3 is 1. The molecular weight excluding hydrogens is 431 g/mol. The largest absolute Gasteiger partial charge is 0.496 e. The van der Waals surface area contributed by atoms with Gasteiger partial charge in [-0.3, -0.25) is 4.79 Å². The molecular formula is C28H29FN2O3. The standard InChI is InChI=1S/C28H29FN2O3/c1-3-24(21-9-5-4-6-10-21)28(32)31(18-20-13-15-22(29)16-14-20)19-23-17-26(30-34-23)25-11-7-8-12-27(25)33-2/h4-16,23-24H,3,17-19H2,1-2H3/t23-,24-/m0/s1. The smallest absolute Gasteiger partial charge is 0.230 e. The van der Waals surface area contributed by atoms with Gasteiger partial charge in [0.05, 0.1) is 25.3 Å². The maximum Gasteiger partial charge on any atom is 0.230 e. The molecule has 1 amide bonds. The lowest BCUT2D eigenvalue weighted by Crippen LogP contribution is -2.40. The molecule has 0 unspecified atom stereocenters. The third-order valence-electron chi connectivity index (χ3n) is 6.08. The zero-order chi connectivity index (χ0) is 23.9. The van der Waals surface area contributed by atoms with E-state index in [1.807, 2.05) is 61.5 Å². The minimum Gasteiger partial charge on any atom is -0.496 e. The number of amides is 1. The van der Waals surface area contributed by atoms with Gasteiger partial charge in [0.15, 0.2) is 6.10 Å². The summed E-state index contributed by atoms with van der Waals surface area (Å²) in [4.78, 5) is 21.3. The summed E-state index contributed by atoms with van der Waals surface area (Å²) in [6, 6.07) is 23.8. The number of carbonyl (C=O) groups excluding carboxylic acids is 1. The molecule has 1 aliphatic heterocycles. The van der Waals surface area contributed by atoms with Gasteiger partial charge in [0.1, 0.15) is 11.6 Å². The molecule has 4 rings (SSSR count). The molecule has 0 saturated carbocycles. The highest BCUT2D eigenvalue weighted by Crippen LogP contribution is 2.27. The summed E-state index contributed by atoms with van der Waals surface area (Å²) >= 11 is 0. The Labute approximate surface area is 199 Å². The Kier molecular flexibility index (Phi) is 7.58. The normalized spacial score (nSPS) is 15.9. The first kappa shape index (κ1) is 23.5. The van der Waals surface area contributed by atoms with Crippen molar-refractivity contribution in [1.82, 2.24) is 4.90 Å². The fourth-order valence-electron chi connectivity index (χ4n) is 4.32. The van der Waals surface area contributed by atoms with Gasteiger partial charge >= 0.3 is 0 Å². The Hall–Kier alpha value is -3.67. The van der Waals surface area contributed by atoms with E-state index in [0.717, 1.165) is 28.2 Å². The van der Waals surface area contributed by atoms with Crippen LogP contribution in [0.25, 0.3) is 0 Å². The van der Waals surface area contributed by atoms with Gasteiger partial charge in [-0.1, -0.05) is 66.7 Å². The van der Waals surface area contributed by atoms with E-state index in [1.54, 1.807) is 24.1 Å². The van der Waals surface area contributed by atoms with E-state index < -0.39 is 0 Å². The molecule has 3 aromatic rings. The second-order valence-corrected chi connectivity index (χ2v) is 8.39. The van der Waals surface area contributed by atoms with Crippen LogP contribution < -0.4 is 4.74 Å². The molecule has 5 nitrogen and oxygen atoms in total. The molecule has 34 heavy (non-hydrogen) atoms. The van der Waals surface area contributed by atoms with Crippen molar-refractivity contribution in [3.05, 3.63) is 101 Å². The molecule has 3 aromatic carbocycles. The zero-order valence-electron chi connectivity index (χ0n) is 19.5. The van der Waals surface area contributed by atoms with E-state index in [2.05, 4.69) is 5.16 Å². The van der Waals surface area contributed by atoms with E-state index in [1.165, 1.54) is 12.1 Å². The molecule has 0 bridgehead atoms. The third-order valence-corrected chi connectivity index (χ3v) is 6.08. The zero-order valence-corrected chi connectivity index (χ0v) is 19.5. The summed E-state index contributed by atoms with van der Waals surface area (Å²) in [5.74, 6) is 0.191. The van der Waals surface area contributed by atoms with E-state index in [9.17, 15) is 9.18 Å². The van der Waals surface area contributed by atoms with Crippen molar-refractivity contribution >= 4 is 11.6 Å². The van der Waals surface area contributed by atoms with Gasteiger partial charge in [0.25, 0.3) is 0 Å². The number of rotatable bonds is 9. The van der Waals surface area contributed by atoms with Crippen LogP contribution in [0.2, 0.25) is 0 Å². The van der Waals surface area contributed by atoms with Crippen molar-refractivity contribution in [3.8, 4) is 5.75 Å². The number of carbonyl (C=O) groups is 1. The Morgan fingerprint density at radius 1 is 1.09 bits per heavy atom. The summed E-state index contributed by atoms with van der Waals surface area (Å²) in [6.07, 6.45) is 0.963. The van der Waals surface area contributed by atoms with Gasteiger partial charge < -0.3 is 14.5 Å². The fourth-order valence-corrected chi connectivity index (χ4v) is 4.32. The molecule has 0 fully saturated rings. The molecule has 0 aromatic heterocycles. The first-order chi connectivity index (χ1) is 16.6. The van der Waals surface area contributed by atoms with Crippen LogP contribution in [0.3, 0.4) is 0 Å². The molecule has 1 heterocycles. The lowest BCUT2D eigenvalue weighted by molar-refractivity contribution is -0.135. The van der Waals surface area contributed by atoms with Gasteiger partial charge in [0, 0.05) is 18.5 Å². The SMILES string of the molecule is CC[C@H](C(=O)N(Cc1ccc(F)cc1)C[C@@H]1CC(c2ccccc2OC)=NO1)c1ccccc1. The topological polar surface area (TPSA) is 51.1 Å². The van der Waals surface area contributed by atoms with Crippen molar-refractivity contribution in [1.29, 1.82) is 0 Å².